The Labute approximate surface area is 743 Å². The van der Waals surface area contributed by atoms with E-state index in [4.69, 9.17) is 17.2 Å². The summed E-state index contributed by atoms with van der Waals surface area (Å²) < 4.78 is 44.5. The number of nitrogens with one attached hydrogen (secondary N) is 8. The van der Waals surface area contributed by atoms with Crippen LogP contribution >= 0.6 is 11.8 Å². The van der Waals surface area contributed by atoms with Gasteiger partial charge in [0, 0.05) is 109 Å². The van der Waals surface area contributed by atoms with E-state index in [1.165, 1.54) is 50.3 Å². The summed E-state index contributed by atoms with van der Waals surface area (Å²) in [5.74, 6) is -18.8. The lowest BCUT2D eigenvalue weighted by atomic mass is 9.99. The maximum atomic E-state index is 15.3. The zero-order chi connectivity index (χ0) is 94.2. The van der Waals surface area contributed by atoms with Crippen LogP contribution in [0.1, 0.15) is 107 Å². The average Bonchev–Trinajstić information content (AvgIpc) is 1.56. The van der Waals surface area contributed by atoms with E-state index < -0.39 is 229 Å². The summed E-state index contributed by atoms with van der Waals surface area (Å²) in [4.78, 5) is 221. The molecule has 0 spiro atoms. The minimum Gasteiger partial charge on any atom is -0.508 e. The van der Waals surface area contributed by atoms with Crippen molar-refractivity contribution in [2.75, 3.05) is 65.4 Å². The van der Waals surface area contributed by atoms with E-state index in [0.717, 1.165) is 19.6 Å². The fraction of sp³-hybridized carbons (Fsp3) is 0.472. The third kappa shape index (κ3) is 29.2. The van der Waals surface area contributed by atoms with Gasteiger partial charge in [-0.3, -0.25) is 62.3 Å². The number of β-amino-alcohol motifs (C(OH)–C–C–N with tert-alkyl or cyclic N) is 1. The Balaban J connectivity index is 1.10. The Morgan fingerprint density at radius 3 is 1.70 bits per heavy atom. The number of thioether (sulfide) groups is 1. The molecule has 6 aromatic rings. The van der Waals surface area contributed by atoms with Crippen molar-refractivity contribution in [2.45, 2.75) is 196 Å². The van der Waals surface area contributed by atoms with Crippen molar-refractivity contribution >= 4 is 112 Å². The highest BCUT2D eigenvalue weighted by Gasteiger charge is 2.46. The highest BCUT2D eigenvalue weighted by atomic mass is 32.2. The highest BCUT2D eigenvalue weighted by Crippen LogP contribution is 2.27. The summed E-state index contributed by atoms with van der Waals surface area (Å²) in [7, 11) is 3.90. The Hall–Kier alpha value is -12.2. The number of H-pyrrole nitrogens is 1. The Morgan fingerprint density at radius 1 is 0.578 bits per heavy atom. The van der Waals surface area contributed by atoms with Gasteiger partial charge < -0.3 is 114 Å². The molecular weight excluding hydrogens is 1690 g/mol. The number of aromatic hydroxyl groups is 1. The number of hydrogen-bond acceptors (Lipinski definition) is 22. The molecule has 0 radical (unpaired) electrons. The van der Waals surface area contributed by atoms with Crippen LogP contribution < -0.4 is 54.4 Å². The second kappa shape index (κ2) is 50.4. The molecule has 0 bridgehead atoms. The number of halogens is 3. The molecular formula is C89H117F3N16O19S. The number of likely N-dealkylation sites (tertiary alicyclic amines) is 1. The lowest BCUT2D eigenvalue weighted by molar-refractivity contribution is -0.152. The number of hydrogen-bond donors (Lipinski definition) is 15. The third-order valence-electron chi connectivity index (χ3n) is 22.2. The fourth-order valence-corrected chi connectivity index (χ4v) is 15.8. The molecule has 39 heteroatoms. The summed E-state index contributed by atoms with van der Waals surface area (Å²) in [6.45, 7) is 5.09. The first-order valence-corrected chi connectivity index (χ1v) is 43.4. The van der Waals surface area contributed by atoms with Crippen LogP contribution in [-0.4, -0.2) is 289 Å². The number of aldehydes is 2. The number of nitrogens with zero attached hydrogens (tertiary/aromatic N) is 5. The molecule has 1 aromatic heterocycles. The van der Waals surface area contributed by atoms with Crippen LogP contribution in [0.4, 0.5) is 13.2 Å². The Kier molecular flexibility index (Phi) is 40.5. The number of phenols is 1. The smallest absolute Gasteiger partial charge is 0.305 e. The first kappa shape index (κ1) is 103. The summed E-state index contributed by atoms with van der Waals surface area (Å²) in [6.07, 6.45) is -1.46. The van der Waals surface area contributed by atoms with Crippen molar-refractivity contribution in [3.05, 3.63) is 173 Å². The Morgan fingerprint density at radius 2 is 1.12 bits per heavy atom. The number of aromatic amines is 1. The lowest BCUT2D eigenvalue weighted by Crippen LogP contribution is -2.62. The number of aromatic nitrogens is 1. The molecule has 694 valence electrons. The van der Waals surface area contributed by atoms with Gasteiger partial charge in [-0.05, 0) is 103 Å². The van der Waals surface area contributed by atoms with Crippen molar-refractivity contribution in [2.24, 2.45) is 23.1 Å². The maximum absolute atomic E-state index is 15.3. The number of aliphatic hydroxyl groups excluding tert-OH is 2. The zero-order valence-electron chi connectivity index (χ0n) is 72.5. The molecule has 0 unspecified atom stereocenters. The average molecular weight is 1800 g/mol. The number of fused-ring (bicyclic) bond motifs is 1. The van der Waals surface area contributed by atoms with Crippen molar-refractivity contribution in [1.29, 1.82) is 0 Å². The van der Waals surface area contributed by atoms with Crippen molar-refractivity contribution in [1.82, 2.24) is 66.7 Å². The molecule has 2 heterocycles. The second-order valence-corrected chi connectivity index (χ2v) is 32.9. The van der Waals surface area contributed by atoms with Crippen molar-refractivity contribution in [3.8, 4) is 5.75 Å². The topological polar surface area (TPSA) is 531 Å². The first-order valence-electron chi connectivity index (χ1n) is 42.2. The predicted octanol–water partition coefficient (Wildman–Crippen LogP) is 0.717. The van der Waals surface area contributed by atoms with Crippen LogP contribution in [0.15, 0.2) is 128 Å². The van der Waals surface area contributed by atoms with Gasteiger partial charge in [0.2, 0.25) is 70.9 Å². The lowest BCUT2D eigenvalue weighted by Gasteiger charge is -2.37. The predicted molar refractivity (Wildman–Crippen MR) is 468 cm³/mol. The number of para-hydroxylation sites is 1. The number of carbonyl (C=O) groups excluding carboxylic acids is 14. The number of unbranched alkanes of at least 4 members (excludes halogenated alkanes) is 1. The van der Waals surface area contributed by atoms with Crippen molar-refractivity contribution < 1.29 is 106 Å². The van der Waals surface area contributed by atoms with E-state index in [0.29, 0.717) is 69.9 Å². The number of carboxylic acid groups (broad SMARTS) is 1. The van der Waals surface area contributed by atoms with Gasteiger partial charge in [-0.25, -0.2) is 13.2 Å². The fourth-order valence-electron chi connectivity index (χ4n) is 15.0. The molecule has 128 heavy (non-hydrogen) atoms. The van der Waals surface area contributed by atoms with Gasteiger partial charge >= 0.3 is 5.97 Å². The molecule has 1 aliphatic heterocycles. The van der Waals surface area contributed by atoms with Crippen LogP contribution in [0.3, 0.4) is 0 Å². The van der Waals surface area contributed by atoms with E-state index in [2.05, 4.69) is 42.2 Å². The molecule has 14 atom stereocenters. The van der Waals surface area contributed by atoms with Crippen LogP contribution in [0, 0.1) is 23.4 Å². The third-order valence-corrected chi connectivity index (χ3v) is 23.3. The van der Waals surface area contributed by atoms with Gasteiger partial charge in [-0.2, -0.15) is 0 Å². The largest absolute Gasteiger partial charge is 0.508 e. The summed E-state index contributed by atoms with van der Waals surface area (Å²) in [5.41, 5.74) is 21.0. The van der Waals surface area contributed by atoms with Crippen molar-refractivity contribution in [3.63, 3.8) is 0 Å². The number of aliphatic carboxylic acids is 1. The standard InChI is InChI=1S/C89H117F3N16O19S/c1-8-10-27-70(88(126)108-46-60(113)43-72(108)83(121)97-57(47-110)42-76(115)116)104(5)87(125)73(40-53-22-15-12-16-23-53)106(7)85(123)69(38-55-35-62(90)77(92)63(91)36-55)99-75(114)50-128-49-58(48-111)98-79(117)65(32-34-109)100-80(118)67(37-54-28-30-59(112)31-29-54)102-81(119)68(41-56-45-96-64-25-18-17-24-61(56)64)103-84(122)74(44-94)107(9-2)86(124)66(26-19-33-93)101-82(120)71(39-52-20-13-11-14-21-52)105(6)89(127)78(95)51(3)4/h11-18,20-25,28-31,35-36,45,47-48,51,57-58,60,65-74,78,96,109,112-113H,8-10,19,26-27,32-34,37-44,46,49-50,93-95H2,1-7H3,(H,97,121)(H,98,117)(H,99,114)(H,100,118)(H,101,120)(H,102,119)(H,103,122)(H,115,116)/t57-,58+,60+,65-,66-,67-,68-,69-,70-,71-,72+,73-,74+,78-/m0/s1. The number of nitrogens with two attached hydrogens (primary N) is 3. The summed E-state index contributed by atoms with van der Waals surface area (Å²) >= 11 is 0.714. The number of aliphatic hydroxyl groups is 2. The molecule has 18 N–H and O–H groups in total. The second-order valence-electron chi connectivity index (χ2n) is 31.9. The van der Waals surface area contributed by atoms with Gasteiger partial charge in [0.05, 0.1) is 36.4 Å². The van der Waals surface area contributed by atoms with E-state index in [1.54, 1.807) is 119 Å². The quantitative estimate of drug-likeness (QED) is 0.0185. The number of phenolic OH excluding ortho intramolecular Hbond substituents is 1. The minimum atomic E-state index is -1.85. The monoisotopic (exact) mass is 1800 g/mol. The number of carboxylic acids is 1. The van der Waals surface area contributed by atoms with E-state index >= 15 is 24.0 Å². The minimum absolute atomic E-state index is 0.0240. The number of benzene rings is 5. The molecule has 7 rings (SSSR count). The normalized spacial score (nSPS) is 15.9. The number of carbonyl (C=O) groups is 15. The van der Waals surface area contributed by atoms with Gasteiger partial charge in [-0.1, -0.05) is 125 Å². The SMILES string of the molecule is CCCC[C@@H](C(=O)N1C[C@H](O)C[C@@H]1C(=O)N[C@H](C=O)CC(=O)O)N(C)C(=O)[C@H](Cc1ccccc1)N(C)C(=O)[C@H](Cc1cc(F)c(F)c(F)c1)NC(=O)CSC[C@@H](C=O)NC(=O)[C@H](CCO)NC(=O)[C@H](Cc1ccc(O)cc1)NC(=O)[C@H](Cc1c[nH]c2ccccc12)NC(=O)[C@@H](CN)N(CC)C(=O)[C@H](CCCN)NC(=O)[C@H](Cc1ccccc1)N(C)C(=O)[C@@H](N)C(C)C. The maximum Gasteiger partial charge on any atom is 0.305 e. The first-order chi connectivity index (χ1) is 61.0. The molecule has 35 nitrogen and oxygen atoms in total. The zero-order valence-corrected chi connectivity index (χ0v) is 73.3. The van der Waals surface area contributed by atoms with Gasteiger partial charge in [0.15, 0.2) is 17.5 Å². The van der Waals surface area contributed by atoms with Gasteiger partial charge in [-0.15, -0.1) is 11.8 Å². The molecule has 5 aromatic carbocycles. The summed E-state index contributed by atoms with van der Waals surface area (Å²) in [5, 5.41) is 59.6. The van der Waals surface area contributed by atoms with Crippen LogP contribution in [0.5, 0.6) is 5.75 Å². The van der Waals surface area contributed by atoms with Gasteiger partial charge in [0.1, 0.15) is 78.7 Å². The van der Waals surface area contributed by atoms with Crippen LogP contribution in [0.2, 0.25) is 0 Å². The van der Waals surface area contributed by atoms with E-state index in [9.17, 15) is 81.5 Å². The van der Waals surface area contributed by atoms with Crippen LogP contribution in [-0.2, 0) is 104 Å². The van der Waals surface area contributed by atoms with E-state index in [-0.39, 0.29) is 94.3 Å². The molecule has 1 fully saturated rings. The molecule has 0 aliphatic carbocycles. The number of likely N-dealkylation sites (N-methyl/N-ethyl adjacent to an activating group) is 4. The van der Waals surface area contributed by atoms with Gasteiger partial charge in [0.25, 0.3) is 0 Å². The van der Waals surface area contributed by atoms with E-state index in [1.807, 2.05) is 0 Å². The summed E-state index contributed by atoms with van der Waals surface area (Å²) in [6, 6.07) is 11.6. The highest BCUT2D eigenvalue weighted by molar-refractivity contribution is 8.00. The molecule has 0 saturated carbocycles. The molecule has 1 aliphatic rings. The molecule has 1 saturated heterocycles. The Bertz CT molecular complexity index is 4790. The van der Waals surface area contributed by atoms with Crippen LogP contribution in [0.25, 0.3) is 10.9 Å². The molecule has 12 amide bonds. The number of amides is 12. The number of rotatable bonds is 51.